The Kier molecular flexibility index (Phi) is 4.05. The molecule has 132 valence electrons. The van der Waals surface area contributed by atoms with Gasteiger partial charge in [0.15, 0.2) is 0 Å². The molecule has 1 heterocycles. The van der Waals surface area contributed by atoms with E-state index in [9.17, 15) is 0 Å². The smallest absolute Gasteiger partial charge is 0.399 e. The zero-order valence-corrected chi connectivity index (χ0v) is 15.7. The predicted molar refractivity (Wildman–Crippen MR) is 109 cm³/mol. The van der Waals surface area contributed by atoms with Crippen LogP contribution in [0.1, 0.15) is 27.7 Å². The maximum absolute atomic E-state index is 6.25. The van der Waals surface area contributed by atoms with Gasteiger partial charge in [0.1, 0.15) is 0 Å². The van der Waals surface area contributed by atoms with Crippen LogP contribution in [-0.4, -0.2) is 18.3 Å². The first kappa shape index (κ1) is 17.1. The van der Waals surface area contributed by atoms with Gasteiger partial charge in [-0.25, -0.2) is 0 Å². The zero-order valence-electron chi connectivity index (χ0n) is 15.7. The van der Waals surface area contributed by atoms with Crippen molar-refractivity contribution in [3.8, 4) is 0 Å². The molecule has 4 rings (SSSR count). The van der Waals surface area contributed by atoms with Gasteiger partial charge in [-0.1, -0.05) is 54.6 Å². The van der Waals surface area contributed by atoms with Crippen LogP contribution >= 0.6 is 0 Å². The van der Waals surface area contributed by atoms with E-state index in [0.717, 1.165) is 16.8 Å². The molecular formula is C22H24BNO2. The van der Waals surface area contributed by atoms with Crippen molar-refractivity contribution in [1.29, 1.82) is 0 Å². The first-order valence-electron chi connectivity index (χ1n) is 9.07. The highest BCUT2D eigenvalue weighted by Gasteiger charge is 2.52. The van der Waals surface area contributed by atoms with Gasteiger partial charge in [0.25, 0.3) is 0 Å². The van der Waals surface area contributed by atoms with Crippen LogP contribution in [0.4, 0.5) is 11.4 Å². The molecule has 1 aliphatic heterocycles. The van der Waals surface area contributed by atoms with Crippen molar-refractivity contribution in [2.24, 2.45) is 0 Å². The summed E-state index contributed by atoms with van der Waals surface area (Å²) >= 11 is 0. The highest BCUT2D eigenvalue weighted by molar-refractivity contribution is 6.64. The second-order valence-electron chi connectivity index (χ2n) is 7.83. The Hall–Kier alpha value is -2.30. The Morgan fingerprint density at radius 1 is 0.692 bits per heavy atom. The molecule has 3 nitrogen and oxygen atoms in total. The molecule has 1 saturated heterocycles. The fourth-order valence-corrected chi connectivity index (χ4v) is 3.27. The molecule has 1 fully saturated rings. The molecule has 4 heteroatoms. The second kappa shape index (κ2) is 6.15. The zero-order chi connectivity index (χ0) is 18.4. The summed E-state index contributed by atoms with van der Waals surface area (Å²) in [4.78, 5) is 0. The number of nitrogens with one attached hydrogen (secondary N) is 1. The van der Waals surface area contributed by atoms with E-state index in [2.05, 4.69) is 87.6 Å². The highest BCUT2D eigenvalue weighted by atomic mass is 16.7. The highest BCUT2D eigenvalue weighted by Crippen LogP contribution is 2.37. The average molecular weight is 345 g/mol. The number of rotatable bonds is 3. The average Bonchev–Trinajstić information content (AvgIpc) is 2.83. The molecule has 1 aliphatic rings. The molecular weight excluding hydrogens is 321 g/mol. The van der Waals surface area contributed by atoms with Crippen molar-refractivity contribution >= 4 is 34.7 Å². The quantitative estimate of drug-likeness (QED) is 0.686. The fraction of sp³-hybridized carbons (Fsp3) is 0.273. The van der Waals surface area contributed by atoms with Crippen LogP contribution < -0.4 is 10.8 Å². The van der Waals surface area contributed by atoms with Crippen LogP contribution in [0.2, 0.25) is 0 Å². The van der Waals surface area contributed by atoms with E-state index in [1.807, 2.05) is 12.1 Å². The minimum Gasteiger partial charge on any atom is -0.399 e. The van der Waals surface area contributed by atoms with E-state index >= 15 is 0 Å². The maximum atomic E-state index is 6.25. The molecule has 0 spiro atoms. The standard InChI is InChI=1S/C22H24BNO2/c1-21(2)22(3,4)26-23(25-21)18-13-7-8-14-20(18)24-19-15-9-11-16-10-5-6-12-17(16)19/h5-15,24H,1-4H3. The molecule has 1 N–H and O–H groups in total. The van der Waals surface area contributed by atoms with Crippen molar-refractivity contribution in [2.45, 2.75) is 38.9 Å². The van der Waals surface area contributed by atoms with Gasteiger partial charge in [-0.15, -0.1) is 0 Å². The van der Waals surface area contributed by atoms with Crippen molar-refractivity contribution in [2.75, 3.05) is 5.32 Å². The van der Waals surface area contributed by atoms with Gasteiger partial charge in [0.2, 0.25) is 0 Å². The minimum atomic E-state index is -0.390. The third-order valence-corrected chi connectivity index (χ3v) is 5.53. The molecule has 0 aromatic heterocycles. The molecule has 26 heavy (non-hydrogen) atoms. The molecule has 0 amide bonds. The van der Waals surface area contributed by atoms with Crippen LogP contribution in [0.15, 0.2) is 66.7 Å². The van der Waals surface area contributed by atoms with Gasteiger partial charge in [0, 0.05) is 22.2 Å². The van der Waals surface area contributed by atoms with E-state index in [1.54, 1.807) is 0 Å². The van der Waals surface area contributed by atoms with Crippen molar-refractivity contribution in [1.82, 2.24) is 0 Å². The van der Waals surface area contributed by atoms with Crippen LogP contribution in [0.3, 0.4) is 0 Å². The number of hydrogen-bond donors (Lipinski definition) is 1. The summed E-state index contributed by atoms with van der Waals surface area (Å²) in [6.45, 7) is 8.31. The third kappa shape index (κ3) is 2.89. The Labute approximate surface area is 155 Å². The Morgan fingerprint density at radius 2 is 1.27 bits per heavy atom. The third-order valence-electron chi connectivity index (χ3n) is 5.53. The maximum Gasteiger partial charge on any atom is 0.496 e. The molecule has 0 radical (unpaired) electrons. The summed E-state index contributed by atoms with van der Waals surface area (Å²) in [5.41, 5.74) is 2.38. The molecule has 0 atom stereocenters. The molecule has 0 bridgehead atoms. The fourth-order valence-electron chi connectivity index (χ4n) is 3.27. The van der Waals surface area contributed by atoms with Gasteiger partial charge in [-0.3, -0.25) is 0 Å². The van der Waals surface area contributed by atoms with Gasteiger partial charge in [-0.2, -0.15) is 0 Å². The van der Waals surface area contributed by atoms with Crippen LogP contribution in [-0.2, 0) is 9.31 Å². The number of benzene rings is 3. The summed E-state index contributed by atoms with van der Waals surface area (Å²) < 4.78 is 12.5. The van der Waals surface area contributed by atoms with Gasteiger partial charge in [-0.05, 0) is 45.2 Å². The Bertz CT molecular complexity index is 930. The molecule has 3 aromatic rings. The van der Waals surface area contributed by atoms with Gasteiger partial charge < -0.3 is 14.6 Å². The summed E-state index contributed by atoms with van der Waals surface area (Å²) in [5, 5.41) is 5.99. The Morgan fingerprint density at radius 3 is 2.04 bits per heavy atom. The van der Waals surface area contributed by atoms with E-state index in [-0.39, 0.29) is 11.2 Å². The van der Waals surface area contributed by atoms with Crippen LogP contribution in [0.25, 0.3) is 10.8 Å². The number of fused-ring (bicyclic) bond motifs is 1. The molecule has 3 aromatic carbocycles. The van der Waals surface area contributed by atoms with Crippen LogP contribution in [0.5, 0.6) is 0 Å². The summed E-state index contributed by atoms with van der Waals surface area (Å²) in [5.74, 6) is 0. The SMILES string of the molecule is CC1(C)OB(c2ccccc2Nc2cccc3ccccc23)OC1(C)C. The lowest BCUT2D eigenvalue weighted by atomic mass is 9.77. The largest absolute Gasteiger partial charge is 0.496 e. The number of hydrogen-bond acceptors (Lipinski definition) is 3. The summed E-state index contributed by atoms with van der Waals surface area (Å²) in [7, 11) is -0.390. The first-order chi connectivity index (χ1) is 12.4. The lowest BCUT2D eigenvalue weighted by molar-refractivity contribution is 0.00578. The monoisotopic (exact) mass is 345 g/mol. The normalized spacial score (nSPS) is 18.2. The molecule has 0 aliphatic carbocycles. The van der Waals surface area contributed by atoms with Crippen molar-refractivity contribution < 1.29 is 9.31 Å². The summed E-state index contributed by atoms with van der Waals surface area (Å²) in [6.07, 6.45) is 0. The Balaban J connectivity index is 1.71. The number of para-hydroxylation sites is 1. The van der Waals surface area contributed by atoms with E-state index in [0.29, 0.717) is 0 Å². The molecule has 0 unspecified atom stereocenters. The lowest BCUT2D eigenvalue weighted by Gasteiger charge is -2.32. The van der Waals surface area contributed by atoms with E-state index in [1.165, 1.54) is 10.8 Å². The minimum absolute atomic E-state index is 0.357. The van der Waals surface area contributed by atoms with Crippen molar-refractivity contribution in [3.05, 3.63) is 66.7 Å². The van der Waals surface area contributed by atoms with Gasteiger partial charge >= 0.3 is 7.12 Å². The second-order valence-corrected chi connectivity index (χ2v) is 7.83. The van der Waals surface area contributed by atoms with Crippen LogP contribution in [0, 0.1) is 0 Å². The summed E-state index contributed by atoms with van der Waals surface area (Å²) in [6, 6.07) is 22.9. The number of anilines is 2. The van der Waals surface area contributed by atoms with Gasteiger partial charge in [0.05, 0.1) is 11.2 Å². The lowest BCUT2D eigenvalue weighted by Crippen LogP contribution is -2.41. The predicted octanol–water partition coefficient (Wildman–Crippen LogP) is 4.88. The van der Waals surface area contributed by atoms with E-state index in [4.69, 9.17) is 9.31 Å². The topological polar surface area (TPSA) is 30.5 Å². The molecule has 0 saturated carbocycles. The van der Waals surface area contributed by atoms with E-state index < -0.39 is 7.12 Å². The van der Waals surface area contributed by atoms with Crippen molar-refractivity contribution in [3.63, 3.8) is 0 Å². The first-order valence-corrected chi connectivity index (χ1v) is 9.07.